The van der Waals surface area contributed by atoms with E-state index >= 15 is 0 Å². The van der Waals surface area contributed by atoms with Crippen LogP contribution in [0.5, 0.6) is 0 Å². The first kappa shape index (κ1) is 16.5. The lowest BCUT2D eigenvalue weighted by atomic mass is 10.2. The molecule has 2 heterocycles. The van der Waals surface area contributed by atoms with Gasteiger partial charge >= 0.3 is 0 Å². The number of amides is 1. The van der Waals surface area contributed by atoms with Crippen molar-refractivity contribution >= 4 is 39.2 Å². The van der Waals surface area contributed by atoms with Crippen LogP contribution in [-0.4, -0.2) is 27.3 Å². The SMILES string of the molecule is CC[C@@H](C)NC(=O)CSc1nc2sc3c(c2c(=O)n1C)CCC3. The number of hydrogen-bond donors (Lipinski definition) is 1. The minimum atomic E-state index is -0.0210. The molecule has 0 radical (unpaired) electrons. The predicted molar refractivity (Wildman–Crippen MR) is 95.5 cm³/mol. The third kappa shape index (κ3) is 3.17. The number of thioether (sulfide) groups is 1. The Labute approximate surface area is 143 Å². The molecule has 2 aromatic rings. The summed E-state index contributed by atoms with van der Waals surface area (Å²) in [5.74, 6) is 0.258. The van der Waals surface area contributed by atoms with Gasteiger partial charge in [0.2, 0.25) is 5.91 Å². The van der Waals surface area contributed by atoms with Crippen molar-refractivity contribution in [2.24, 2.45) is 7.05 Å². The van der Waals surface area contributed by atoms with Gasteiger partial charge in [-0.3, -0.25) is 14.2 Å². The lowest BCUT2D eigenvalue weighted by Gasteiger charge is -2.11. The molecule has 0 saturated heterocycles. The third-order valence-corrected chi connectivity index (χ3v) is 6.47. The number of nitrogens with zero attached hydrogens (tertiary/aromatic N) is 2. The fourth-order valence-electron chi connectivity index (χ4n) is 2.78. The predicted octanol–water partition coefficient (Wildman–Crippen LogP) is 2.49. The second-order valence-corrected chi connectivity index (χ2v) is 7.99. The lowest BCUT2D eigenvalue weighted by molar-refractivity contribution is -0.119. The summed E-state index contributed by atoms with van der Waals surface area (Å²) in [7, 11) is 1.74. The monoisotopic (exact) mass is 351 g/mol. The van der Waals surface area contributed by atoms with Crippen molar-refractivity contribution in [2.45, 2.75) is 50.7 Å². The minimum absolute atomic E-state index is 0.0132. The first-order valence-electron chi connectivity index (χ1n) is 7.94. The van der Waals surface area contributed by atoms with Gasteiger partial charge in [0.25, 0.3) is 5.56 Å². The molecule has 1 N–H and O–H groups in total. The molecule has 1 atom stereocenters. The highest BCUT2D eigenvalue weighted by molar-refractivity contribution is 7.99. The van der Waals surface area contributed by atoms with Crippen LogP contribution in [0.2, 0.25) is 0 Å². The van der Waals surface area contributed by atoms with Gasteiger partial charge in [0.15, 0.2) is 5.16 Å². The number of carbonyl (C=O) groups is 1. The van der Waals surface area contributed by atoms with Gasteiger partial charge in [-0.05, 0) is 38.2 Å². The number of aromatic nitrogens is 2. The van der Waals surface area contributed by atoms with Gasteiger partial charge in [0, 0.05) is 18.0 Å². The summed E-state index contributed by atoms with van der Waals surface area (Å²) in [6, 6.07) is 0.169. The Morgan fingerprint density at radius 1 is 1.48 bits per heavy atom. The van der Waals surface area contributed by atoms with Crippen molar-refractivity contribution in [3.8, 4) is 0 Å². The first-order valence-corrected chi connectivity index (χ1v) is 9.75. The Hall–Kier alpha value is -1.34. The molecule has 0 aliphatic heterocycles. The topological polar surface area (TPSA) is 64.0 Å². The Morgan fingerprint density at radius 2 is 2.26 bits per heavy atom. The van der Waals surface area contributed by atoms with Crippen LogP contribution in [0.1, 0.15) is 37.1 Å². The van der Waals surface area contributed by atoms with E-state index in [4.69, 9.17) is 0 Å². The second kappa shape index (κ2) is 6.65. The van der Waals surface area contributed by atoms with Crippen LogP contribution in [0.3, 0.4) is 0 Å². The molecular formula is C16H21N3O2S2. The fraction of sp³-hybridized carbons (Fsp3) is 0.562. The maximum Gasteiger partial charge on any atom is 0.262 e. The summed E-state index contributed by atoms with van der Waals surface area (Å²) in [6.07, 6.45) is 4.07. The molecule has 124 valence electrons. The van der Waals surface area contributed by atoms with Crippen molar-refractivity contribution in [2.75, 3.05) is 5.75 Å². The van der Waals surface area contributed by atoms with Crippen molar-refractivity contribution in [1.29, 1.82) is 0 Å². The normalized spacial score (nSPS) is 14.9. The van der Waals surface area contributed by atoms with Crippen LogP contribution in [0.25, 0.3) is 10.2 Å². The molecule has 3 rings (SSSR count). The Balaban J connectivity index is 1.84. The summed E-state index contributed by atoms with van der Waals surface area (Å²) in [5.41, 5.74) is 1.21. The molecule has 0 aromatic carbocycles. The standard InChI is InChI=1S/C16H21N3O2S2/c1-4-9(2)17-12(20)8-22-16-18-14-13(15(21)19(16)3)10-6-5-7-11(10)23-14/h9H,4-8H2,1-3H3,(H,17,20)/t9-/m1/s1. The molecule has 0 spiro atoms. The van der Waals surface area contributed by atoms with Crippen LogP contribution in [0.15, 0.2) is 9.95 Å². The molecule has 0 bridgehead atoms. The Kier molecular flexibility index (Phi) is 4.77. The summed E-state index contributed by atoms with van der Waals surface area (Å²) < 4.78 is 1.58. The molecule has 1 aliphatic rings. The van der Waals surface area contributed by atoms with Gasteiger partial charge in [-0.25, -0.2) is 4.98 Å². The fourth-order valence-corrected chi connectivity index (χ4v) is 4.87. The van der Waals surface area contributed by atoms with Crippen molar-refractivity contribution in [3.05, 3.63) is 20.8 Å². The van der Waals surface area contributed by atoms with Crippen LogP contribution in [0, 0.1) is 0 Å². The molecule has 5 nitrogen and oxygen atoms in total. The van der Waals surface area contributed by atoms with E-state index in [0.29, 0.717) is 5.16 Å². The zero-order valence-electron chi connectivity index (χ0n) is 13.6. The number of hydrogen-bond acceptors (Lipinski definition) is 5. The van der Waals surface area contributed by atoms with Crippen molar-refractivity contribution in [1.82, 2.24) is 14.9 Å². The van der Waals surface area contributed by atoms with Gasteiger partial charge in [0.1, 0.15) is 4.83 Å². The van der Waals surface area contributed by atoms with Crippen molar-refractivity contribution < 1.29 is 4.79 Å². The summed E-state index contributed by atoms with van der Waals surface area (Å²) >= 11 is 2.96. The number of nitrogens with one attached hydrogen (secondary N) is 1. The quantitative estimate of drug-likeness (QED) is 0.664. The maximum atomic E-state index is 12.7. The molecule has 2 aromatic heterocycles. The Morgan fingerprint density at radius 3 is 3.00 bits per heavy atom. The van der Waals surface area contributed by atoms with Crippen LogP contribution in [0.4, 0.5) is 0 Å². The first-order chi connectivity index (χ1) is 11.0. The smallest absolute Gasteiger partial charge is 0.262 e. The van der Waals surface area contributed by atoms with Gasteiger partial charge < -0.3 is 5.32 Å². The average molecular weight is 351 g/mol. The summed E-state index contributed by atoms with van der Waals surface area (Å²) in [4.78, 5) is 31.3. The van der Waals surface area contributed by atoms with Crippen molar-refractivity contribution in [3.63, 3.8) is 0 Å². The molecule has 23 heavy (non-hydrogen) atoms. The maximum absolute atomic E-state index is 12.7. The second-order valence-electron chi connectivity index (χ2n) is 5.96. The lowest BCUT2D eigenvalue weighted by Crippen LogP contribution is -2.33. The van der Waals surface area contributed by atoms with E-state index in [2.05, 4.69) is 10.3 Å². The van der Waals surface area contributed by atoms with E-state index in [0.717, 1.165) is 35.9 Å². The van der Waals surface area contributed by atoms with E-state index in [-0.39, 0.29) is 23.3 Å². The largest absolute Gasteiger partial charge is 0.353 e. The number of rotatable bonds is 5. The summed E-state index contributed by atoms with van der Waals surface area (Å²) in [6.45, 7) is 4.02. The number of thiophene rings is 1. The van der Waals surface area contributed by atoms with Crippen LogP contribution >= 0.6 is 23.1 Å². The van der Waals surface area contributed by atoms with Crippen LogP contribution < -0.4 is 10.9 Å². The van der Waals surface area contributed by atoms with Gasteiger partial charge in [-0.2, -0.15) is 0 Å². The van der Waals surface area contributed by atoms with Gasteiger partial charge in [-0.1, -0.05) is 18.7 Å². The average Bonchev–Trinajstić information content (AvgIpc) is 3.09. The minimum Gasteiger partial charge on any atom is -0.353 e. The number of carbonyl (C=O) groups excluding carboxylic acids is 1. The molecule has 1 aliphatic carbocycles. The van der Waals surface area contributed by atoms with E-state index < -0.39 is 0 Å². The number of aryl methyl sites for hydroxylation is 2. The molecule has 0 unspecified atom stereocenters. The summed E-state index contributed by atoms with van der Waals surface area (Å²) in [5, 5.41) is 4.33. The third-order valence-electron chi connectivity index (χ3n) is 4.26. The highest BCUT2D eigenvalue weighted by atomic mass is 32.2. The van der Waals surface area contributed by atoms with Gasteiger partial charge in [-0.15, -0.1) is 11.3 Å². The molecule has 0 fully saturated rings. The molecular weight excluding hydrogens is 330 g/mol. The number of fused-ring (bicyclic) bond motifs is 3. The van der Waals surface area contributed by atoms with E-state index in [1.807, 2.05) is 13.8 Å². The molecule has 7 heteroatoms. The van der Waals surface area contributed by atoms with E-state index in [1.165, 1.54) is 22.2 Å². The molecule has 0 saturated carbocycles. The Bertz CT molecular complexity index is 810. The molecule has 1 amide bonds. The van der Waals surface area contributed by atoms with E-state index in [1.54, 1.807) is 23.0 Å². The van der Waals surface area contributed by atoms with E-state index in [9.17, 15) is 9.59 Å². The van der Waals surface area contributed by atoms with Crippen LogP contribution in [-0.2, 0) is 24.7 Å². The zero-order valence-corrected chi connectivity index (χ0v) is 15.3. The highest BCUT2D eigenvalue weighted by Gasteiger charge is 2.22. The van der Waals surface area contributed by atoms with Gasteiger partial charge in [0.05, 0.1) is 11.1 Å². The highest BCUT2D eigenvalue weighted by Crippen LogP contribution is 2.35. The zero-order chi connectivity index (χ0) is 16.6.